The molecule has 0 unspecified atom stereocenters. The molecule has 0 amide bonds. The lowest BCUT2D eigenvalue weighted by atomic mass is 10.1. The second-order valence-electron chi connectivity index (χ2n) is 7.60. The van der Waals surface area contributed by atoms with Crippen molar-refractivity contribution in [2.75, 3.05) is 13.1 Å². The number of alkyl halides is 3. The molecule has 6 nitrogen and oxygen atoms in total. The minimum absolute atomic E-state index is 0.0801. The number of hydrogen-bond acceptors (Lipinski definition) is 6. The van der Waals surface area contributed by atoms with Gasteiger partial charge in [0.2, 0.25) is 10.0 Å². The van der Waals surface area contributed by atoms with E-state index in [0.717, 1.165) is 45.6 Å². The number of ether oxygens (including phenoxy) is 2. The Balaban J connectivity index is 1.40. The molecule has 3 aromatic rings. The molecule has 0 saturated carbocycles. The third-order valence-electron chi connectivity index (χ3n) is 5.29. The number of fused-ring (bicyclic) bond motifs is 1. The molecule has 0 spiro atoms. The monoisotopic (exact) mass is 486 g/mol. The topological polar surface area (TPSA) is 68.7 Å². The number of aryl methyl sites for hydroxylation is 2. The number of rotatable bonds is 5. The molecule has 1 aliphatic heterocycles. The first-order valence-corrected chi connectivity index (χ1v) is 12.2. The van der Waals surface area contributed by atoms with Gasteiger partial charge in [0, 0.05) is 13.1 Å². The first-order chi connectivity index (χ1) is 15.0. The van der Waals surface area contributed by atoms with Crippen LogP contribution in [0.15, 0.2) is 41.3 Å². The molecule has 1 saturated heterocycles. The minimum atomic E-state index is -4.83. The number of hydrogen-bond donors (Lipinski definition) is 0. The molecule has 1 aliphatic rings. The average molecular weight is 487 g/mol. The molecule has 0 atom stereocenters. The van der Waals surface area contributed by atoms with Crippen molar-refractivity contribution < 1.29 is 31.1 Å². The van der Waals surface area contributed by atoms with Gasteiger partial charge in [-0.3, -0.25) is 0 Å². The molecule has 0 N–H and O–H groups in total. The molecule has 172 valence electrons. The highest BCUT2D eigenvalue weighted by atomic mass is 32.2. The summed E-state index contributed by atoms with van der Waals surface area (Å²) in [4.78, 5) is 4.51. The van der Waals surface area contributed by atoms with Crippen LogP contribution in [0.25, 0.3) is 10.2 Å². The molecular weight excluding hydrogens is 465 g/mol. The molecule has 2 aromatic carbocycles. The SMILES string of the molecule is Cc1ccc(C)c2sc(OC3CCN(S(=O)(=O)c4ccc(OC(F)(F)F)cc4)CC3)nc12. The zero-order valence-electron chi connectivity index (χ0n) is 17.3. The lowest BCUT2D eigenvalue weighted by Gasteiger charge is -2.30. The summed E-state index contributed by atoms with van der Waals surface area (Å²) in [6.07, 6.45) is -4.02. The number of thiazole rings is 1. The van der Waals surface area contributed by atoms with E-state index in [1.165, 1.54) is 15.6 Å². The second kappa shape index (κ2) is 8.53. The van der Waals surface area contributed by atoms with E-state index in [-0.39, 0.29) is 24.1 Å². The highest BCUT2D eigenvalue weighted by molar-refractivity contribution is 7.89. The lowest BCUT2D eigenvalue weighted by Crippen LogP contribution is -2.41. The van der Waals surface area contributed by atoms with Crippen LogP contribution in [-0.4, -0.2) is 43.3 Å². The van der Waals surface area contributed by atoms with Crippen molar-refractivity contribution in [2.45, 2.75) is 44.1 Å². The maximum absolute atomic E-state index is 12.9. The Bertz CT molecular complexity index is 1180. The molecular formula is C21H21F3N2O4S2. The van der Waals surface area contributed by atoms with Crippen LogP contribution in [0.3, 0.4) is 0 Å². The number of halogens is 3. The highest BCUT2D eigenvalue weighted by Gasteiger charge is 2.33. The summed E-state index contributed by atoms with van der Waals surface area (Å²) in [5.41, 5.74) is 3.12. The third-order valence-corrected chi connectivity index (χ3v) is 8.28. The minimum Gasteiger partial charge on any atom is -0.467 e. The molecule has 1 fully saturated rings. The quantitative estimate of drug-likeness (QED) is 0.505. The maximum Gasteiger partial charge on any atom is 0.573 e. The lowest BCUT2D eigenvalue weighted by molar-refractivity contribution is -0.274. The molecule has 1 aromatic heterocycles. The van der Waals surface area contributed by atoms with E-state index >= 15 is 0 Å². The molecule has 0 bridgehead atoms. The summed E-state index contributed by atoms with van der Waals surface area (Å²) in [6, 6.07) is 8.29. The van der Waals surface area contributed by atoms with Gasteiger partial charge in [-0.15, -0.1) is 13.2 Å². The van der Waals surface area contributed by atoms with Crippen molar-refractivity contribution in [3.8, 4) is 10.9 Å². The molecule has 4 rings (SSSR count). The van der Waals surface area contributed by atoms with Gasteiger partial charge < -0.3 is 9.47 Å². The van der Waals surface area contributed by atoms with E-state index in [4.69, 9.17) is 4.74 Å². The summed E-state index contributed by atoms with van der Waals surface area (Å²) in [7, 11) is -3.82. The molecule has 32 heavy (non-hydrogen) atoms. The predicted molar refractivity (Wildman–Crippen MR) is 115 cm³/mol. The molecule has 2 heterocycles. The van der Waals surface area contributed by atoms with E-state index in [2.05, 4.69) is 9.72 Å². The van der Waals surface area contributed by atoms with Gasteiger partial charge in [0.1, 0.15) is 11.9 Å². The maximum atomic E-state index is 12.9. The number of sulfonamides is 1. The van der Waals surface area contributed by atoms with Gasteiger partial charge in [-0.2, -0.15) is 4.31 Å². The largest absolute Gasteiger partial charge is 0.573 e. The van der Waals surface area contributed by atoms with Crippen molar-refractivity contribution in [3.05, 3.63) is 47.5 Å². The summed E-state index contributed by atoms with van der Waals surface area (Å²) in [5, 5.41) is 0.568. The smallest absolute Gasteiger partial charge is 0.467 e. The van der Waals surface area contributed by atoms with Crippen LogP contribution in [-0.2, 0) is 10.0 Å². The van der Waals surface area contributed by atoms with Crippen LogP contribution in [0.1, 0.15) is 24.0 Å². The van der Waals surface area contributed by atoms with Crippen LogP contribution >= 0.6 is 11.3 Å². The van der Waals surface area contributed by atoms with Gasteiger partial charge in [0.15, 0.2) is 0 Å². The van der Waals surface area contributed by atoms with Gasteiger partial charge in [0.05, 0.1) is 15.1 Å². The van der Waals surface area contributed by atoms with Crippen molar-refractivity contribution in [2.24, 2.45) is 0 Å². The molecule has 0 radical (unpaired) electrons. The fourth-order valence-electron chi connectivity index (χ4n) is 3.59. The molecule has 11 heteroatoms. The third kappa shape index (κ3) is 4.84. The van der Waals surface area contributed by atoms with E-state index in [9.17, 15) is 21.6 Å². The fourth-order valence-corrected chi connectivity index (χ4v) is 6.08. The normalized spacial score (nSPS) is 16.4. The van der Waals surface area contributed by atoms with E-state index in [1.54, 1.807) is 0 Å². The van der Waals surface area contributed by atoms with Gasteiger partial charge >= 0.3 is 6.36 Å². The van der Waals surface area contributed by atoms with E-state index in [1.807, 2.05) is 26.0 Å². The zero-order chi connectivity index (χ0) is 23.1. The fraction of sp³-hybridized carbons (Fsp3) is 0.381. The number of aromatic nitrogens is 1. The van der Waals surface area contributed by atoms with Crippen molar-refractivity contribution in [1.82, 2.24) is 9.29 Å². The summed E-state index contributed by atoms with van der Waals surface area (Å²) >= 11 is 1.48. The van der Waals surface area contributed by atoms with Gasteiger partial charge in [-0.1, -0.05) is 23.5 Å². The van der Waals surface area contributed by atoms with Gasteiger partial charge in [0.25, 0.3) is 5.19 Å². The zero-order valence-corrected chi connectivity index (χ0v) is 19.0. The predicted octanol–water partition coefficient (Wildman–Crippen LogP) is 5.04. The van der Waals surface area contributed by atoms with Crippen LogP contribution in [0.2, 0.25) is 0 Å². The van der Waals surface area contributed by atoms with E-state index in [0.29, 0.717) is 18.0 Å². The number of benzene rings is 2. The number of piperidine rings is 1. The number of nitrogens with zero attached hydrogens (tertiary/aromatic N) is 2. The van der Waals surface area contributed by atoms with Gasteiger partial charge in [-0.25, -0.2) is 13.4 Å². The summed E-state index contributed by atoms with van der Waals surface area (Å²) in [5.74, 6) is -0.468. The Morgan fingerprint density at radius 1 is 1.03 bits per heavy atom. The van der Waals surface area contributed by atoms with Crippen LogP contribution in [0, 0.1) is 13.8 Å². The Hall–Kier alpha value is -2.37. The Morgan fingerprint density at radius 2 is 1.66 bits per heavy atom. The first-order valence-electron chi connectivity index (χ1n) is 9.92. The first kappa shape index (κ1) is 22.8. The van der Waals surface area contributed by atoms with Crippen molar-refractivity contribution in [3.63, 3.8) is 0 Å². The Morgan fingerprint density at radius 3 is 2.25 bits per heavy atom. The average Bonchev–Trinajstić information content (AvgIpc) is 3.15. The highest BCUT2D eigenvalue weighted by Crippen LogP contribution is 2.34. The molecule has 0 aliphatic carbocycles. The van der Waals surface area contributed by atoms with Crippen LogP contribution in [0.4, 0.5) is 13.2 Å². The van der Waals surface area contributed by atoms with Crippen LogP contribution in [0.5, 0.6) is 10.9 Å². The Labute approximate surface area is 187 Å². The Kier molecular flexibility index (Phi) is 6.08. The summed E-state index contributed by atoms with van der Waals surface area (Å²) < 4.78 is 74.8. The van der Waals surface area contributed by atoms with Crippen LogP contribution < -0.4 is 9.47 Å². The summed E-state index contributed by atoms with van der Waals surface area (Å²) in [6.45, 7) is 4.51. The second-order valence-corrected chi connectivity index (χ2v) is 10.5. The van der Waals surface area contributed by atoms with Crippen molar-refractivity contribution in [1.29, 1.82) is 0 Å². The van der Waals surface area contributed by atoms with Crippen molar-refractivity contribution >= 4 is 31.6 Å². The van der Waals surface area contributed by atoms with Gasteiger partial charge in [-0.05, 0) is 62.1 Å². The standard InChI is InChI=1S/C21H21F3N2O4S2/c1-13-3-4-14(2)19-18(13)25-20(31-19)29-15-9-11-26(12-10-15)32(27,28)17-7-5-16(6-8-17)30-21(22,23)24/h3-8,15H,9-12H2,1-2H3. The van der Waals surface area contributed by atoms with E-state index < -0.39 is 22.1 Å².